The molecule has 0 aliphatic carbocycles. The van der Waals surface area contributed by atoms with Crippen LogP contribution in [-0.2, 0) is 5.41 Å². The van der Waals surface area contributed by atoms with E-state index in [1.54, 1.807) is 12.4 Å². The molecule has 1 atom stereocenters. The van der Waals surface area contributed by atoms with Crippen LogP contribution < -0.4 is 4.74 Å². The molecular weight excluding hydrogens is 384 g/mol. The molecule has 0 aliphatic heterocycles. The van der Waals surface area contributed by atoms with E-state index in [-0.39, 0.29) is 11.3 Å². The van der Waals surface area contributed by atoms with Gasteiger partial charge in [-0.3, -0.25) is 0 Å². The van der Waals surface area contributed by atoms with Crippen LogP contribution in [0.4, 0.5) is 0 Å². The van der Waals surface area contributed by atoms with Gasteiger partial charge in [-0.1, -0.05) is 47.1 Å². The number of aromatic nitrogens is 4. The first-order chi connectivity index (χ1) is 11.9. The van der Waals surface area contributed by atoms with Crippen molar-refractivity contribution in [2.75, 3.05) is 7.11 Å². The Hall–Kier alpha value is -2.28. The monoisotopic (exact) mass is 402 g/mol. The van der Waals surface area contributed by atoms with Gasteiger partial charge in [-0.25, -0.2) is 9.97 Å². The lowest BCUT2D eigenvalue weighted by Crippen LogP contribution is -2.31. The molecule has 1 aromatic carbocycles. The Morgan fingerprint density at radius 2 is 1.76 bits per heavy atom. The maximum Gasteiger partial charge on any atom is 0.316 e. The molecule has 0 radical (unpaired) electrons. The first-order valence-electron chi connectivity index (χ1n) is 7.91. The van der Waals surface area contributed by atoms with Crippen LogP contribution in [0.3, 0.4) is 0 Å². The van der Waals surface area contributed by atoms with E-state index in [1.807, 2.05) is 12.1 Å². The van der Waals surface area contributed by atoms with Gasteiger partial charge in [-0.15, -0.1) is 0 Å². The summed E-state index contributed by atoms with van der Waals surface area (Å²) >= 11 is 3.48. The fourth-order valence-electron chi connectivity index (χ4n) is 2.60. The lowest BCUT2D eigenvalue weighted by molar-refractivity contribution is 0.350. The third-order valence-corrected chi connectivity index (χ3v) is 5.08. The molecule has 1 unspecified atom stereocenters. The second-order valence-corrected chi connectivity index (χ2v) is 7.16. The van der Waals surface area contributed by atoms with Crippen molar-refractivity contribution in [1.29, 1.82) is 0 Å². The van der Waals surface area contributed by atoms with E-state index in [0.29, 0.717) is 23.3 Å². The van der Waals surface area contributed by atoms with E-state index in [0.717, 1.165) is 10.0 Å². The van der Waals surface area contributed by atoms with Crippen molar-refractivity contribution in [2.45, 2.75) is 26.2 Å². The summed E-state index contributed by atoms with van der Waals surface area (Å²) in [5, 5.41) is 4.24. The number of rotatable bonds is 5. The average Bonchev–Trinajstić information content (AvgIpc) is 3.12. The molecule has 25 heavy (non-hydrogen) atoms. The second-order valence-electron chi connectivity index (χ2n) is 6.25. The predicted molar refractivity (Wildman–Crippen MR) is 97.3 cm³/mol. The normalized spacial score (nSPS) is 13.7. The number of nitrogens with zero attached hydrogens (tertiary/aromatic N) is 4. The van der Waals surface area contributed by atoms with Gasteiger partial charge in [0.1, 0.15) is 0 Å². The van der Waals surface area contributed by atoms with E-state index in [4.69, 9.17) is 9.26 Å². The molecule has 0 saturated heterocycles. The maximum atomic E-state index is 5.47. The third kappa shape index (κ3) is 3.28. The van der Waals surface area contributed by atoms with E-state index in [9.17, 15) is 0 Å². The fourth-order valence-corrected chi connectivity index (χ4v) is 2.86. The van der Waals surface area contributed by atoms with Gasteiger partial charge in [0.2, 0.25) is 0 Å². The first-order valence-corrected chi connectivity index (χ1v) is 8.71. The Kier molecular flexibility index (Phi) is 4.85. The van der Waals surface area contributed by atoms with Crippen molar-refractivity contribution in [3.05, 3.63) is 52.5 Å². The second kappa shape index (κ2) is 6.92. The van der Waals surface area contributed by atoms with Gasteiger partial charge in [-0.2, -0.15) is 4.98 Å². The minimum Gasteiger partial charge on any atom is -0.467 e. The van der Waals surface area contributed by atoms with Gasteiger partial charge in [0.05, 0.1) is 18.1 Å². The van der Waals surface area contributed by atoms with Gasteiger partial charge in [-0.05, 0) is 30.5 Å². The number of halogens is 1. The topological polar surface area (TPSA) is 73.9 Å². The summed E-state index contributed by atoms with van der Waals surface area (Å²) in [6.07, 6.45) is 3.21. The maximum absolute atomic E-state index is 5.47. The predicted octanol–water partition coefficient (Wildman–Crippen LogP) is 4.26. The number of ether oxygens (including phenoxy) is 1. The number of methoxy groups -OCH3 is 1. The van der Waals surface area contributed by atoms with Crippen LogP contribution in [0.1, 0.15) is 32.2 Å². The highest BCUT2D eigenvalue weighted by atomic mass is 79.9. The largest absolute Gasteiger partial charge is 0.467 e. The van der Waals surface area contributed by atoms with Crippen LogP contribution in [-0.4, -0.2) is 27.2 Å². The van der Waals surface area contributed by atoms with Gasteiger partial charge >= 0.3 is 6.01 Å². The highest BCUT2D eigenvalue weighted by molar-refractivity contribution is 9.10. The number of hydrogen-bond donors (Lipinski definition) is 0. The zero-order chi connectivity index (χ0) is 18.0. The van der Waals surface area contributed by atoms with Gasteiger partial charge < -0.3 is 9.26 Å². The summed E-state index contributed by atoms with van der Waals surface area (Å²) in [4.78, 5) is 12.8. The molecule has 0 amide bonds. The molecular formula is C18H19BrN4O2. The minimum atomic E-state index is -0.379. The Morgan fingerprint density at radius 3 is 2.32 bits per heavy atom. The summed E-state index contributed by atoms with van der Waals surface area (Å²) < 4.78 is 11.5. The molecule has 0 spiro atoms. The van der Waals surface area contributed by atoms with Crippen LogP contribution >= 0.6 is 15.9 Å². The fraction of sp³-hybridized carbons (Fsp3) is 0.333. The molecule has 130 valence electrons. The highest BCUT2D eigenvalue weighted by Crippen LogP contribution is 2.38. The number of hydrogen-bond acceptors (Lipinski definition) is 6. The number of benzene rings is 1. The van der Waals surface area contributed by atoms with Crippen LogP contribution in [0, 0.1) is 5.92 Å². The Bertz CT molecular complexity index is 846. The molecule has 2 heterocycles. The summed E-state index contributed by atoms with van der Waals surface area (Å²) in [5.41, 5.74) is 1.40. The summed E-state index contributed by atoms with van der Waals surface area (Å²) in [7, 11) is 1.52. The zero-order valence-electron chi connectivity index (χ0n) is 14.5. The lowest BCUT2D eigenvalue weighted by Gasteiger charge is -2.31. The first kappa shape index (κ1) is 17.5. The van der Waals surface area contributed by atoms with E-state index in [2.05, 4.69) is 68.9 Å². The van der Waals surface area contributed by atoms with Crippen molar-refractivity contribution in [3.8, 4) is 17.5 Å². The molecule has 7 heteroatoms. The summed E-state index contributed by atoms with van der Waals surface area (Å²) in [6.45, 7) is 6.42. The Morgan fingerprint density at radius 1 is 1.12 bits per heavy atom. The van der Waals surface area contributed by atoms with Gasteiger partial charge in [0, 0.05) is 16.9 Å². The lowest BCUT2D eigenvalue weighted by atomic mass is 9.73. The SMILES string of the molecule is COc1ncc(-c2nc(C(C)(c3ccc(Br)cc3)C(C)C)no2)cn1. The molecule has 0 bridgehead atoms. The standard InChI is InChI=1S/C18H19BrN4O2/c1-11(2)18(3,13-5-7-14(19)8-6-13)16-22-15(25-23-16)12-9-20-17(24-4)21-10-12/h5-11H,1-4H3. The van der Waals surface area contributed by atoms with E-state index < -0.39 is 0 Å². The summed E-state index contributed by atoms with van der Waals surface area (Å²) in [6, 6.07) is 8.50. The van der Waals surface area contributed by atoms with Crippen molar-refractivity contribution in [3.63, 3.8) is 0 Å². The minimum absolute atomic E-state index is 0.270. The third-order valence-electron chi connectivity index (χ3n) is 4.55. The molecule has 2 aromatic heterocycles. The molecule has 0 saturated carbocycles. The average molecular weight is 403 g/mol. The molecule has 0 fully saturated rings. The van der Waals surface area contributed by atoms with Crippen LogP contribution in [0.15, 0.2) is 45.7 Å². The smallest absolute Gasteiger partial charge is 0.316 e. The zero-order valence-corrected chi connectivity index (χ0v) is 16.1. The Balaban J connectivity index is 2.00. The van der Waals surface area contributed by atoms with Crippen molar-refractivity contribution >= 4 is 15.9 Å². The Labute approximate surface area is 154 Å². The van der Waals surface area contributed by atoms with Gasteiger partial charge in [0.25, 0.3) is 5.89 Å². The van der Waals surface area contributed by atoms with Crippen LogP contribution in [0.25, 0.3) is 11.5 Å². The molecule has 3 rings (SSSR count). The molecule has 0 N–H and O–H groups in total. The highest BCUT2D eigenvalue weighted by Gasteiger charge is 2.37. The summed E-state index contributed by atoms with van der Waals surface area (Å²) in [5.74, 6) is 1.29. The molecule has 6 nitrogen and oxygen atoms in total. The van der Waals surface area contributed by atoms with Crippen molar-refractivity contribution in [2.24, 2.45) is 5.92 Å². The van der Waals surface area contributed by atoms with Crippen LogP contribution in [0.2, 0.25) is 0 Å². The van der Waals surface area contributed by atoms with Crippen molar-refractivity contribution in [1.82, 2.24) is 20.1 Å². The van der Waals surface area contributed by atoms with Crippen molar-refractivity contribution < 1.29 is 9.26 Å². The van der Waals surface area contributed by atoms with Crippen LogP contribution in [0.5, 0.6) is 6.01 Å². The van der Waals surface area contributed by atoms with Gasteiger partial charge in [0.15, 0.2) is 5.82 Å². The van der Waals surface area contributed by atoms with E-state index in [1.165, 1.54) is 7.11 Å². The van der Waals surface area contributed by atoms with E-state index >= 15 is 0 Å². The quantitative estimate of drug-likeness (QED) is 0.634. The molecule has 3 aromatic rings. The molecule has 0 aliphatic rings.